The summed E-state index contributed by atoms with van der Waals surface area (Å²) in [7, 11) is 0. The number of rotatable bonds is 32. The SMILES string of the molecule is CCCCCCCCC1(CCCCCCCC)c2cc(-c3ccc4c(-c5ccc6ccccc6c5)c5cc(C(C)(C)C)ccc5c(-c5ccc6ccccc6c5)c4c3)ccc2-c2ccc3c(c21)C(CCCCCCCC)(CCCCCCCC)c1cc(C(C)C)ccc1-3. The van der Waals surface area contributed by atoms with E-state index in [0.29, 0.717) is 5.92 Å². The Balaban J connectivity index is 1.10. The fourth-order valence-corrected chi connectivity index (χ4v) is 17.5. The molecule has 12 rings (SSSR count). The van der Waals surface area contributed by atoms with Gasteiger partial charge in [-0.25, -0.2) is 0 Å². The Morgan fingerprint density at radius 2 is 0.667 bits per heavy atom. The highest BCUT2D eigenvalue weighted by molar-refractivity contribution is 6.23. The molecule has 0 spiro atoms. The standard InChI is InChI=1S/C93H112/c1-10-14-18-22-26-34-56-92(57-35-27-23-19-15-11-2)85-63-69(66(5)6)46-50-77(85)81-54-55-82-78-51-47-73(64-86(78)93(90(82)89(81)92,58-36-28-24-20-16-12-3)59-37-29-25-21-17-13-4)72-48-52-79-83(62-72)87(74-44-42-67-38-30-32-40-70(67)60-74)80-53-49-76(91(7,8)9)65-84(80)88(79)75-45-43-68-39-31-33-41-71(68)61-75/h30-33,38-55,60-66H,10-29,34-37,56-59H2,1-9H3. The predicted octanol–water partition coefficient (Wildman–Crippen LogP) is 29.3. The van der Waals surface area contributed by atoms with E-state index < -0.39 is 0 Å². The quantitative estimate of drug-likeness (QED) is 0.0291. The predicted molar refractivity (Wildman–Crippen MR) is 410 cm³/mol. The molecule has 484 valence electrons. The van der Waals surface area contributed by atoms with Gasteiger partial charge in [0.05, 0.1) is 0 Å². The van der Waals surface area contributed by atoms with Crippen LogP contribution in [0.1, 0.15) is 281 Å². The van der Waals surface area contributed by atoms with Gasteiger partial charge in [-0.2, -0.15) is 0 Å². The second-order valence-electron chi connectivity index (χ2n) is 30.5. The van der Waals surface area contributed by atoms with Crippen molar-refractivity contribution in [3.63, 3.8) is 0 Å². The summed E-state index contributed by atoms with van der Waals surface area (Å²) in [4.78, 5) is 0. The first-order valence-corrected chi connectivity index (χ1v) is 37.9. The van der Waals surface area contributed by atoms with Gasteiger partial charge in [-0.05, 0) is 199 Å². The van der Waals surface area contributed by atoms with Gasteiger partial charge in [-0.15, -0.1) is 0 Å². The molecular weight excluding hydrogens is 1120 g/mol. The lowest BCUT2D eigenvalue weighted by Crippen LogP contribution is -2.33. The van der Waals surface area contributed by atoms with Gasteiger partial charge in [-0.1, -0.05) is 356 Å². The van der Waals surface area contributed by atoms with Crippen molar-refractivity contribution >= 4 is 43.1 Å². The second kappa shape index (κ2) is 29.9. The zero-order valence-corrected chi connectivity index (χ0v) is 59.0. The fourth-order valence-electron chi connectivity index (χ4n) is 17.5. The van der Waals surface area contributed by atoms with Crippen LogP contribution < -0.4 is 0 Å². The molecule has 10 aromatic rings. The highest BCUT2D eigenvalue weighted by Crippen LogP contribution is 2.65. The van der Waals surface area contributed by atoms with Gasteiger partial charge in [0.25, 0.3) is 0 Å². The van der Waals surface area contributed by atoms with Crippen LogP contribution in [0.25, 0.3) is 98.7 Å². The number of hydrogen-bond donors (Lipinski definition) is 0. The molecule has 0 heteroatoms. The topological polar surface area (TPSA) is 0 Å². The number of fused-ring (bicyclic) bond motifs is 11. The Morgan fingerprint density at radius 3 is 1.12 bits per heavy atom. The van der Waals surface area contributed by atoms with Crippen molar-refractivity contribution in [3.05, 3.63) is 203 Å². The molecule has 0 radical (unpaired) electrons. The Kier molecular flexibility index (Phi) is 21.3. The molecule has 0 saturated carbocycles. The molecule has 0 unspecified atom stereocenters. The summed E-state index contributed by atoms with van der Waals surface area (Å²) in [6.07, 6.45) is 36.7. The average molecular weight is 1230 g/mol. The van der Waals surface area contributed by atoms with E-state index in [0.717, 1.165) is 0 Å². The molecule has 0 atom stereocenters. The third-order valence-electron chi connectivity index (χ3n) is 22.7. The number of hydrogen-bond acceptors (Lipinski definition) is 0. The van der Waals surface area contributed by atoms with Crippen molar-refractivity contribution in [1.29, 1.82) is 0 Å². The minimum Gasteiger partial charge on any atom is -0.0654 e. The van der Waals surface area contributed by atoms with Crippen molar-refractivity contribution in [2.75, 3.05) is 0 Å². The van der Waals surface area contributed by atoms with E-state index in [1.165, 1.54) is 273 Å². The lowest BCUT2D eigenvalue weighted by molar-refractivity contribution is 0.368. The zero-order chi connectivity index (χ0) is 64.5. The minimum absolute atomic E-state index is 0.0199. The normalized spacial score (nSPS) is 13.8. The highest BCUT2D eigenvalue weighted by Gasteiger charge is 2.52. The number of unbranched alkanes of at least 4 members (excludes halogenated alkanes) is 20. The van der Waals surface area contributed by atoms with Crippen LogP contribution in [0.15, 0.2) is 170 Å². The Morgan fingerprint density at radius 1 is 0.301 bits per heavy atom. The second-order valence-corrected chi connectivity index (χ2v) is 30.5. The number of benzene rings is 10. The van der Waals surface area contributed by atoms with Crippen LogP contribution in [-0.2, 0) is 16.2 Å². The monoisotopic (exact) mass is 1230 g/mol. The van der Waals surface area contributed by atoms with Crippen LogP contribution in [-0.4, -0.2) is 0 Å². The van der Waals surface area contributed by atoms with Crippen molar-refractivity contribution in [2.24, 2.45) is 0 Å². The largest absolute Gasteiger partial charge is 0.0654 e. The molecule has 0 N–H and O–H groups in total. The zero-order valence-electron chi connectivity index (χ0n) is 59.0. The van der Waals surface area contributed by atoms with E-state index in [-0.39, 0.29) is 16.2 Å². The third-order valence-corrected chi connectivity index (χ3v) is 22.7. The smallest absolute Gasteiger partial charge is 0.0218 e. The van der Waals surface area contributed by atoms with E-state index in [4.69, 9.17) is 0 Å². The lowest BCUT2D eigenvalue weighted by Gasteiger charge is -2.40. The van der Waals surface area contributed by atoms with E-state index in [1.807, 2.05) is 0 Å². The molecule has 0 aliphatic heterocycles. The van der Waals surface area contributed by atoms with E-state index >= 15 is 0 Å². The summed E-state index contributed by atoms with van der Waals surface area (Å²) >= 11 is 0. The van der Waals surface area contributed by atoms with Crippen LogP contribution in [0.5, 0.6) is 0 Å². The Bertz CT molecular complexity index is 4160. The van der Waals surface area contributed by atoms with Gasteiger partial charge in [0.2, 0.25) is 0 Å². The summed E-state index contributed by atoms with van der Waals surface area (Å²) in [6, 6.07) is 68.5. The van der Waals surface area contributed by atoms with Crippen LogP contribution in [0.3, 0.4) is 0 Å². The molecule has 0 nitrogen and oxygen atoms in total. The molecule has 93 heavy (non-hydrogen) atoms. The molecule has 2 aliphatic rings. The van der Waals surface area contributed by atoms with Gasteiger partial charge < -0.3 is 0 Å². The molecular formula is C93H112. The molecule has 10 aromatic carbocycles. The molecule has 0 bridgehead atoms. The van der Waals surface area contributed by atoms with Crippen molar-refractivity contribution < 1.29 is 0 Å². The van der Waals surface area contributed by atoms with Crippen LogP contribution in [0.4, 0.5) is 0 Å². The summed E-state index contributed by atoms with van der Waals surface area (Å²) < 4.78 is 0. The average Bonchev–Trinajstić information content (AvgIpc) is 1.55. The maximum absolute atomic E-state index is 2.79. The lowest BCUT2D eigenvalue weighted by atomic mass is 9.62. The van der Waals surface area contributed by atoms with Crippen LogP contribution in [0.2, 0.25) is 0 Å². The minimum atomic E-state index is -0.102. The molecule has 0 heterocycles. The Hall–Kier alpha value is -6.76. The maximum Gasteiger partial charge on any atom is 0.0218 e. The van der Waals surface area contributed by atoms with Crippen LogP contribution >= 0.6 is 0 Å². The molecule has 0 saturated heterocycles. The fraction of sp³-hybridized carbons (Fsp3) is 0.441. The third kappa shape index (κ3) is 13.6. The van der Waals surface area contributed by atoms with Gasteiger partial charge in [0.15, 0.2) is 0 Å². The van der Waals surface area contributed by atoms with Crippen LogP contribution in [0, 0.1) is 0 Å². The van der Waals surface area contributed by atoms with E-state index in [9.17, 15) is 0 Å². The molecule has 0 fully saturated rings. The summed E-state index contributed by atoms with van der Waals surface area (Å²) in [5.41, 5.74) is 23.6. The summed E-state index contributed by atoms with van der Waals surface area (Å²) in [5, 5.41) is 10.4. The first-order valence-electron chi connectivity index (χ1n) is 37.9. The highest BCUT2D eigenvalue weighted by atomic mass is 14.5. The maximum atomic E-state index is 2.79. The summed E-state index contributed by atoms with van der Waals surface area (Å²) in [6.45, 7) is 21.4. The molecule has 0 amide bonds. The van der Waals surface area contributed by atoms with Crippen molar-refractivity contribution in [3.8, 4) is 55.6 Å². The van der Waals surface area contributed by atoms with Crippen molar-refractivity contribution in [2.45, 2.75) is 264 Å². The van der Waals surface area contributed by atoms with Gasteiger partial charge in [-0.3, -0.25) is 0 Å². The Labute approximate surface area is 562 Å². The summed E-state index contributed by atoms with van der Waals surface area (Å²) in [5.74, 6) is 0.483. The molecule has 2 aliphatic carbocycles. The van der Waals surface area contributed by atoms with Gasteiger partial charge in [0.1, 0.15) is 0 Å². The van der Waals surface area contributed by atoms with E-state index in [1.54, 1.807) is 38.9 Å². The van der Waals surface area contributed by atoms with Gasteiger partial charge >= 0.3 is 0 Å². The first kappa shape index (κ1) is 66.3. The molecule has 0 aromatic heterocycles. The van der Waals surface area contributed by atoms with E-state index in [2.05, 4.69) is 232 Å². The van der Waals surface area contributed by atoms with Gasteiger partial charge in [0, 0.05) is 10.8 Å². The van der Waals surface area contributed by atoms with Crippen molar-refractivity contribution in [1.82, 2.24) is 0 Å². The first-order chi connectivity index (χ1) is 45.4.